The van der Waals surface area contributed by atoms with Crippen LogP contribution in [0.1, 0.15) is 21.7 Å². The lowest BCUT2D eigenvalue weighted by Gasteiger charge is -2.10. The summed E-state index contributed by atoms with van der Waals surface area (Å²) in [4.78, 5) is 29.8. The second-order valence-electron chi connectivity index (χ2n) is 7.57. The van der Waals surface area contributed by atoms with E-state index < -0.39 is 11.5 Å². The number of nitrogens with one attached hydrogen (secondary N) is 1. The minimum absolute atomic E-state index is 0.0179. The van der Waals surface area contributed by atoms with Gasteiger partial charge in [-0.2, -0.15) is 0 Å². The standard InChI is InChI=1S/C26H21N3O3/c30-25(20-16-19-10-4-7-13-23(19)32-26(20)31)27-17-24-28-21-11-5-6-12-22(21)29(24)15-14-18-8-2-1-3-9-18/h1-13,16H,14-15,17H2,(H,27,30). The van der Waals surface area contributed by atoms with E-state index in [1.54, 1.807) is 24.3 Å². The van der Waals surface area contributed by atoms with Crippen molar-refractivity contribution < 1.29 is 9.21 Å². The maximum atomic E-state index is 12.8. The molecule has 3 aromatic carbocycles. The van der Waals surface area contributed by atoms with Crippen LogP contribution in [-0.2, 0) is 19.5 Å². The number of carbonyl (C=O) groups excluding carboxylic acids is 1. The van der Waals surface area contributed by atoms with E-state index in [-0.39, 0.29) is 12.1 Å². The van der Waals surface area contributed by atoms with Crippen LogP contribution in [0.5, 0.6) is 0 Å². The van der Waals surface area contributed by atoms with Gasteiger partial charge in [-0.3, -0.25) is 4.79 Å². The van der Waals surface area contributed by atoms with Crippen LogP contribution in [-0.4, -0.2) is 15.5 Å². The van der Waals surface area contributed by atoms with E-state index >= 15 is 0 Å². The highest BCUT2D eigenvalue weighted by Gasteiger charge is 2.16. The first kappa shape index (κ1) is 19.8. The van der Waals surface area contributed by atoms with Crippen LogP contribution in [0.25, 0.3) is 22.0 Å². The molecular weight excluding hydrogens is 402 g/mol. The first-order valence-electron chi connectivity index (χ1n) is 10.5. The molecule has 5 rings (SSSR count). The molecule has 1 amide bonds. The summed E-state index contributed by atoms with van der Waals surface area (Å²) >= 11 is 0. The number of hydrogen-bond donors (Lipinski definition) is 1. The smallest absolute Gasteiger partial charge is 0.349 e. The molecule has 0 unspecified atom stereocenters. The number of hydrogen-bond acceptors (Lipinski definition) is 4. The molecule has 0 bridgehead atoms. The fourth-order valence-corrected chi connectivity index (χ4v) is 3.87. The van der Waals surface area contributed by atoms with E-state index in [1.165, 1.54) is 5.56 Å². The number of aryl methyl sites for hydroxylation is 2. The summed E-state index contributed by atoms with van der Waals surface area (Å²) in [5, 5.41) is 3.54. The first-order chi connectivity index (χ1) is 15.7. The van der Waals surface area contributed by atoms with Crippen LogP contribution in [0.2, 0.25) is 0 Å². The summed E-state index contributed by atoms with van der Waals surface area (Å²) in [6.45, 7) is 0.933. The maximum absolute atomic E-state index is 12.8. The predicted molar refractivity (Wildman–Crippen MR) is 124 cm³/mol. The van der Waals surface area contributed by atoms with Gasteiger partial charge in [-0.25, -0.2) is 9.78 Å². The van der Waals surface area contributed by atoms with Crippen LogP contribution in [0, 0.1) is 0 Å². The largest absolute Gasteiger partial charge is 0.422 e. The van der Waals surface area contributed by atoms with Crippen LogP contribution in [0.15, 0.2) is 94.1 Å². The number of fused-ring (bicyclic) bond motifs is 2. The number of imidazole rings is 1. The molecule has 1 N–H and O–H groups in total. The zero-order valence-corrected chi connectivity index (χ0v) is 17.3. The number of carbonyl (C=O) groups is 1. The zero-order valence-electron chi connectivity index (χ0n) is 17.3. The third-order valence-electron chi connectivity index (χ3n) is 5.49. The molecule has 158 valence electrons. The molecule has 0 fully saturated rings. The zero-order chi connectivity index (χ0) is 21.9. The average molecular weight is 423 g/mol. The van der Waals surface area contributed by atoms with Crippen molar-refractivity contribution in [2.75, 3.05) is 0 Å². The Balaban J connectivity index is 1.40. The Morgan fingerprint density at radius 1 is 0.938 bits per heavy atom. The van der Waals surface area contributed by atoms with Gasteiger partial charge in [0.05, 0.1) is 17.6 Å². The van der Waals surface area contributed by atoms with Gasteiger partial charge in [-0.05, 0) is 36.2 Å². The molecule has 0 aliphatic heterocycles. The van der Waals surface area contributed by atoms with Gasteiger partial charge < -0.3 is 14.3 Å². The molecule has 6 nitrogen and oxygen atoms in total. The van der Waals surface area contributed by atoms with Crippen molar-refractivity contribution >= 4 is 27.9 Å². The molecule has 0 saturated carbocycles. The van der Waals surface area contributed by atoms with Crippen molar-refractivity contribution in [1.82, 2.24) is 14.9 Å². The third kappa shape index (κ3) is 3.90. The first-order valence-corrected chi connectivity index (χ1v) is 10.5. The third-order valence-corrected chi connectivity index (χ3v) is 5.49. The van der Waals surface area contributed by atoms with Gasteiger partial charge in [0, 0.05) is 11.9 Å². The molecule has 2 heterocycles. The number of amides is 1. The Hall–Kier alpha value is -4.19. The van der Waals surface area contributed by atoms with Crippen LogP contribution in [0.3, 0.4) is 0 Å². The fraction of sp³-hybridized carbons (Fsp3) is 0.115. The Morgan fingerprint density at radius 3 is 2.56 bits per heavy atom. The summed E-state index contributed by atoms with van der Waals surface area (Å²) in [5.74, 6) is 0.256. The van der Waals surface area contributed by atoms with E-state index in [0.29, 0.717) is 11.0 Å². The molecule has 0 spiro atoms. The van der Waals surface area contributed by atoms with Crippen molar-refractivity contribution in [3.05, 3.63) is 112 Å². The fourth-order valence-electron chi connectivity index (χ4n) is 3.87. The van der Waals surface area contributed by atoms with Crippen molar-refractivity contribution in [2.45, 2.75) is 19.5 Å². The molecule has 6 heteroatoms. The van der Waals surface area contributed by atoms with Crippen LogP contribution in [0.4, 0.5) is 0 Å². The molecule has 0 saturated heterocycles. The summed E-state index contributed by atoms with van der Waals surface area (Å²) in [5.41, 5.74) is 2.90. The SMILES string of the molecule is O=C(NCc1nc2ccccc2n1CCc1ccccc1)c1cc2ccccc2oc1=O. The summed E-state index contributed by atoms with van der Waals surface area (Å²) in [6.07, 6.45) is 0.844. The quantitative estimate of drug-likeness (QED) is 0.413. The molecular formula is C26H21N3O3. The number of benzene rings is 3. The lowest BCUT2D eigenvalue weighted by molar-refractivity contribution is 0.0946. The second kappa shape index (κ2) is 8.51. The summed E-state index contributed by atoms with van der Waals surface area (Å²) in [6, 6.07) is 26.8. The van der Waals surface area contributed by atoms with Crippen molar-refractivity contribution in [1.29, 1.82) is 0 Å². The highest BCUT2D eigenvalue weighted by atomic mass is 16.4. The van der Waals surface area contributed by atoms with E-state index in [2.05, 4.69) is 22.0 Å². The number of aromatic nitrogens is 2. The molecule has 0 radical (unpaired) electrons. The molecule has 2 aromatic heterocycles. The minimum Gasteiger partial charge on any atom is -0.422 e. The topological polar surface area (TPSA) is 77.1 Å². The second-order valence-corrected chi connectivity index (χ2v) is 7.57. The Labute approximate surface area is 184 Å². The van der Waals surface area contributed by atoms with Crippen molar-refractivity contribution in [3.63, 3.8) is 0 Å². The number of para-hydroxylation sites is 3. The average Bonchev–Trinajstić information content (AvgIpc) is 3.19. The van der Waals surface area contributed by atoms with Gasteiger partial charge in [0.25, 0.3) is 5.91 Å². The lowest BCUT2D eigenvalue weighted by Crippen LogP contribution is -2.29. The summed E-state index contributed by atoms with van der Waals surface area (Å²) in [7, 11) is 0. The van der Waals surface area contributed by atoms with Gasteiger partial charge in [0.1, 0.15) is 17.0 Å². The normalized spacial score (nSPS) is 11.1. The molecule has 5 aromatic rings. The van der Waals surface area contributed by atoms with Gasteiger partial charge >= 0.3 is 5.63 Å². The van der Waals surface area contributed by atoms with Crippen LogP contribution >= 0.6 is 0 Å². The predicted octanol–water partition coefficient (Wildman–Crippen LogP) is 4.32. The van der Waals surface area contributed by atoms with Crippen molar-refractivity contribution in [3.8, 4) is 0 Å². The molecule has 0 atom stereocenters. The van der Waals surface area contributed by atoms with Gasteiger partial charge in [0.2, 0.25) is 0 Å². The maximum Gasteiger partial charge on any atom is 0.349 e. The molecule has 32 heavy (non-hydrogen) atoms. The van der Waals surface area contributed by atoms with Gasteiger partial charge in [-0.1, -0.05) is 60.7 Å². The number of nitrogens with zero attached hydrogens (tertiary/aromatic N) is 2. The summed E-state index contributed by atoms with van der Waals surface area (Å²) < 4.78 is 7.40. The van der Waals surface area contributed by atoms with Crippen LogP contribution < -0.4 is 10.9 Å². The van der Waals surface area contributed by atoms with Crippen molar-refractivity contribution in [2.24, 2.45) is 0 Å². The number of rotatable bonds is 6. The Kier molecular flexibility index (Phi) is 5.25. The van der Waals surface area contributed by atoms with E-state index in [0.717, 1.165) is 29.8 Å². The highest BCUT2D eigenvalue weighted by Crippen LogP contribution is 2.18. The minimum atomic E-state index is -0.654. The Bertz CT molecular complexity index is 1470. The highest BCUT2D eigenvalue weighted by molar-refractivity contribution is 5.96. The van der Waals surface area contributed by atoms with E-state index in [4.69, 9.17) is 9.40 Å². The van der Waals surface area contributed by atoms with E-state index in [9.17, 15) is 9.59 Å². The monoisotopic (exact) mass is 423 g/mol. The van der Waals surface area contributed by atoms with E-state index in [1.807, 2.05) is 48.5 Å². The molecule has 0 aliphatic rings. The Morgan fingerprint density at radius 2 is 1.69 bits per heavy atom. The lowest BCUT2D eigenvalue weighted by atomic mass is 10.1. The molecule has 0 aliphatic carbocycles. The van der Waals surface area contributed by atoms with Gasteiger partial charge in [0.15, 0.2) is 0 Å². The van der Waals surface area contributed by atoms with Gasteiger partial charge in [-0.15, -0.1) is 0 Å².